The first kappa shape index (κ1) is 13.9. The summed E-state index contributed by atoms with van der Waals surface area (Å²) in [7, 11) is 0. The van der Waals surface area contributed by atoms with Crippen LogP contribution in [0.4, 0.5) is 0 Å². The first-order chi connectivity index (χ1) is 6.99. The molecule has 4 nitrogen and oxygen atoms in total. The highest BCUT2D eigenvalue weighted by Crippen LogP contribution is 2.06. The van der Waals surface area contributed by atoms with Gasteiger partial charge in [-0.1, -0.05) is 12.7 Å². The van der Waals surface area contributed by atoms with Crippen molar-refractivity contribution in [1.29, 1.82) is 0 Å². The number of carbonyl (C=O) groups is 1. The molecule has 0 aliphatic carbocycles. The fourth-order valence-corrected chi connectivity index (χ4v) is 0.745. The number of ether oxygens (including phenoxy) is 2. The Bertz CT molecular complexity index is 233. The lowest BCUT2D eigenvalue weighted by atomic mass is 10.3. The summed E-state index contributed by atoms with van der Waals surface area (Å²) in [4.78, 5) is 11.2. The molecule has 0 rings (SSSR count). The van der Waals surface area contributed by atoms with Crippen molar-refractivity contribution >= 4 is 5.97 Å². The van der Waals surface area contributed by atoms with Gasteiger partial charge < -0.3 is 14.6 Å². The number of aliphatic hydroxyl groups is 1. The molecule has 86 valence electrons. The Hall–Kier alpha value is -1.13. The minimum absolute atomic E-state index is 0.271. The number of esters is 1. The van der Waals surface area contributed by atoms with Gasteiger partial charge in [0.1, 0.15) is 6.10 Å². The van der Waals surface area contributed by atoms with Crippen LogP contribution < -0.4 is 0 Å². The molecule has 0 bridgehead atoms. The SMILES string of the molecule is C=CCCOC(OC(=O)C(=C)C)C(C)O. The van der Waals surface area contributed by atoms with Crippen LogP contribution in [0.5, 0.6) is 0 Å². The molecule has 0 aromatic rings. The Morgan fingerprint density at radius 3 is 2.60 bits per heavy atom. The quantitative estimate of drug-likeness (QED) is 0.229. The van der Waals surface area contributed by atoms with Gasteiger partial charge in [-0.05, 0) is 20.3 Å². The van der Waals surface area contributed by atoms with Crippen molar-refractivity contribution in [2.75, 3.05) is 6.61 Å². The van der Waals surface area contributed by atoms with Crippen molar-refractivity contribution in [2.24, 2.45) is 0 Å². The minimum atomic E-state index is -0.950. The largest absolute Gasteiger partial charge is 0.430 e. The Morgan fingerprint density at radius 2 is 2.20 bits per heavy atom. The molecule has 2 atom stereocenters. The highest BCUT2D eigenvalue weighted by molar-refractivity contribution is 5.87. The van der Waals surface area contributed by atoms with Gasteiger partial charge in [-0.2, -0.15) is 0 Å². The second-order valence-electron chi connectivity index (χ2n) is 3.24. The Labute approximate surface area is 90.2 Å². The molecule has 0 spiro atoms. The molecule has 0 fully saturated rings. The van der Waals surface area contributed by atoms with E-state index in [9.17, 15) is 9.90 Å². The summed E-state index contributed by atoms with van der Waals surface area (Å²) < 4.78 is 10.0. The maximum absolute atomic E-state index is 11.2. The van der Waals surface area contributed by atoms with Crippen molar-refractivity contribution in [3.05, 3.63) is 24.8 Å². The van der Waals surface area contributed by atoms with Crippen LogP contribution in [0.15, 0.2) is 24.8 Å². The van der Waals surface area contributed by atoms with Gasteiger partial charge in [0.05, 0.1) is 6.61 Å². The van der Waals surface area contributed by atoms with E-state index in [1.807, 2.05) is 0 Å². The third-order valence-electron chi connectivity index (χ3n) is 1.57. The molecule has 0 saturated heterocycles. The zero-order valence-corrected chi connectivity index (χ0v) is 9.23. The highest BCUT2D eigenvalue weighted by atomic mass is 16.7. The Balaban J connectivity index is 4.09. The number of hydrogen-bond acceptors (Lipinski definition) is 4. The van der Waals surface area contributed by atoms with E-state index in [1.54, 1.807) is 6.08 Å². The average Bonchev–Trinajstić information content (AvgIpc) is 2.15. The summed E-state index contributed by atoms with van der Waals surface area (Å²) >= 11 is 0. The highest BCUT2D eigenvalue weighted by Gasteiger charge is 2.20. The lowest BCUT2D eigenvalue weighted by molar-refractivity contribution is -0.196. The first-order valence-electron chi connectivity index (χ1n) is 4.76. The average molecular weight is 214 g/mol. The fourth-order valence-electron chi connectivity index (χ4n) is 0.745. The van der Waals surface area contributed by atoms with E-state index in [4.69, 9.17) is 9.47 Å². The summed E-state index contributed by atoms with van der Waals surface area (Å²) in [6, 6.07) is 0. The molecule has 0 aromatic carbocycles. The molecule has 0 aromatic heterocycles. The Morgan fingerprint density at radius 1 is 1.60 bits per heavy atom. The molecule has 0 amide bonds. The Kier molecular flexibility index (Phi) is 6.66. The van der Waals surface area contributed by atoms with E-state index in [1.165, 1.54) is 13.8 Å². The third kappa shape index (κ3) is 6.04. The number of rotatable bonds is 7. The van der Waals surface area contributed by atoms with Gasteiger partial charge in [0, 0.05) is 5.57 Å². The summed E-state index contributed by atoms with van der Waals surface area (Å²) in [5.74, 6) is -0.570. The lowest BCUT2D eigenvalue weighted by Gasteiger charge is -2.20. The molecule has 2 unspecified atom stereocenters. The van der Waals surface area contributed by atoms with Gasteiger partial charge in [-0.25, -0.2) is 4.79 Å². The monoisotopic (exact) mass is 214 g/mol. The van der Waals surface area contributed by atoms with Gasteiger partial charge >= 0.3 is 5.97 Å². The summed E-state index contributed by atoms with van der Waals surface area (Å²) in [5.41, 5.74) is 0.271. The van der Waals surface area contributed by atoms with Gasteiger partial charge in [0.25, 0.3) is 0 Å². The maximum Gasteiger partial charge on any atom is 0.335 e. The van der Waals surface area contributed by atoms with Crippen LogP contribution in [0.1, 0.15) is 20.3 Å². The van der Waals surface area contributed by atoms with Crippen molar-refractivity contribution < 1.29 is 19.4 Å². The minimum Gasteiger partial charge on any atom is -0.430 e. The van der Waals surface area contributed by atoms with Gasteiger partial charge in [0.2, 0.25) is 6.29 Å². The van der Waals surface area contributed by atoms with Crippen LogP contribution in [-0.4, -0.2) is 30.1 Å². The molecule has 0 aliphatic rings. The van der Waals surface area contributed by atoms with Gasteiger partial charge in [-0.3, -0.25) is 0 Å². The van der Waals surface area contributed by atoms with Crippen LogP contribution in [0.3, 0.4) is 0 Å². The summed E-state index contributed by atoms with van der Waals surface area (Å²) in [6.45, 7) is 10.3. The normalized spacial score (nSPS) is 14.1. The first-order valence-corrected chi connectivity index (χ1v) is 4.76. The zero-order valence-electron chi connectivity index (χ0n) is 9.23. The smallest absolute Gasteiger partial charge is 0.335 e. The van der Waals surface area contributed by atoms with E-state index in [-0.39, 0.29) is 5.57 Å². The molecule has 15 heavy (non-hydrogen) atoms. The molecule has 0 radical (unpaired) electrons. The van der Waals surface area contributed by atoms with Crippen LogP contribution in [0.2, 0.25) is 0 Å². The predicted octanol–water partition coefficient (Wildman–Crippen LogP) is 1.41. The molecule has 0 saturated carbocycles. The van der Waals surface area contributed by atoms with Crippen molar-refractivity contribution in [3.63, 3.8) is 0 Å². The van der Waals surface area contributed by atoms with E-state index in [2.05, 4.69) is 13.2 Å². The molecule has 4 heteroatoms. The molecule has 1 N–H and O–H groups in total. The fraction of sp³-hybridized carbons (Fsp3) is 0.545. The van der Waals surface area contributed by atoms with E-state index < -0.39 is 18.4 Å². The van der Waals surface area contributed by atoms with E-state index in [0.717, 1.165) is 0 Å². The van der Waals surface area contributed by atoms with E-state index >= 15 is 0 Å². The second kappa shape index (κ2) is 7.20. The van der Waals surface area contributed by atoms with Crippen molar-refractivity contribution in [1.82, 2.24) is 0 Å². The second-order valence-corrected chi connectivity index (χ2v) is 3.24. The standard InChI is InChI=1S/C11H18O4/c1-5-6-7-14-11(9(4)12)15-10(13)8(2)3/h5,9,11-12H,1-2,6-7H2,3-4H3. The number of hydrogen-bond donors (Lipinski definition) is 1. The topological polar surface area (TPSA) is 55.8 Å². The molecule has 0 aliphatic heterocycles. The van der Waals surface area contributed by atoms with Crippen LogP contribution in [-0.2, 0) is 14.3 Å². The van der Waals surface area contributed by atoms with Gasteiger partial charge in [-0.15, -0.1) is 6.58 Å². The van der Waals surface area contributed by atoms with E-state index in [0.29, 0.717) is 13.0 Å². The van der Waals surface area contributed by atoms with Crippen molar-refractivity contribution in [2.45, 2.75) is 32.7 Å². The summed E-state index contributed by atoms with van der Waals surface area (Å²) in [6.07, 6.45) is 0.486. The number of aliphatic hydroxyl groups excluding tert-OH is 1. The molecular formula is C11H18O4. The number of carbonyl (C=O) groups excluding carboxylic acids is 1. The van der Waals surface area contributed by atoms with Crippen LogP contribution in [0, 0.1) is 0 Å². The van der Waals surface area contributed by atoms with Gasteiger partial charge in [0.15, 0.2) is 0 Å². The lowest BCUT2D eigenvalue weighted by Crippen LogP contribution is -2.32. The van der Waals surface area contributed by atoms with Crippen LogP contribution in [0.25, 0.3) is 0 Å². The predicted molar refractivity (Wildman–Crippen MR) is 57.1 cm³/mol. The molecule has 0 heterocycles. The van der Waals surface area contributed by atoms with Crippen molar-refractivity contribution in [3.8, 4) is 0 Å². The maximum atomic E-state index is 11.2. The summed E-state index contributed by atoms with van der Waals surface area (Å²) in [5, 5.41) is 9.28. The third-order valence-corrected chi connectivity index (χ3v) is 1.57. The zero-order chi connectivity index (χ0) is 11.8. The van der Waals surface area contributed by atoms with Crippen LogP contribution >= 0.6 is 0 Å². The molecular weight excluding hydrogens is 196 g/mol.